The van der Waals surface area contributed by atoms with Gasteiger partial charge in [-0.3, -0.25) is 0 Å². The van der Waals surface area contributed by atoms with Crippen LogP contribution in [0.15, 0.2) is 18.2 Å². The molecule has 0 amide bonds. The van der Waals surface area contributed by atoms with Gasteiger partial charge in [-0.1, -0.05) is 0 Å². The van der Waals surface area contributed by atoms with E-state index in [1.54, 1.807) is 25.1 Å². The van der Waals surface area contributed by atoms with Crippen molar-refractivity contribution in [2.24, 2.45) is 0 Å². The number of rotatable bonds is 2. The summed E-state index contributed by atoms with van der Waals surface area (Å²) in [5.41, 5.74) is 1.40. The Morgan fingerprint density at radius 3 is 3.27 bits per heavy atom. The molecule has 1 N–H and O–H groups in total. The highest BCUT2D eigenvalue weighted by Gasteiger charge is 2.13. The van der Waals surface area contributed by atoms with Crippen molar-refractivity contribution in [2.75, 3.05) is 25.1 Å². The third-order valence-electron chi connectivity index (χ3n) is 2.17. The van der Waals surface area contributed by atoms with E-state index in [-0.39, 0.29) is 5.97 Å². The lowest BCUT2D eigenvalue weighted by Crippen LogP contribution is -2.18. The van der Waals surface area contributed by atoms with Gasteiger partial charge in [-0.05, 0) is 25.1 Å². The van der Waals surface area contributed by atoms with Gasteiger partial charge in [0, 0.05) is 6.54 Å². The Bertz CT molecular complexity index is 376. The van der Waals surface area contributed by atoms with Gasteiger partial charge in [0.15, 0.2) is 0 Å². The van der Waals surface area contributed by atoms with Crippen molar-refractivity contribution in [1.29, 1.82) is 0 Å². The van der Waals surface area contributed by atoms with E-state index in [9.17, 15) is 4.79 Å². The second kappa shape index (κ2) is 4.21. The van der Waals surface area contributed by atoms with Gasteiger partial charge in [-0.25, -0.2) is 4.79 Å². The lowest BCUT2D eigenvalue weighted by Gasteiger charge is -2.19. The zero-order chi connectivity index (χ0) is 10.7. The first-order chi connectivity index (χ1) is 7.31. The average molecular weight is 207 g/mol. The van der Waals surface area contributed by atoms with Crippen LogP contribution in [0.5, 0.6) is 5.75 Å². The van der Waals surface area contributed by atoms with Gasteiger partial charge in [-0.15, -0.1) is 0 Å². The van der Waals surface area contributed by atoms with Crippen LogP contribution in [0.3, 0.4) is 0 Å². The molecule has 0 unspecified atom stereocenters. The highest BCUT2D eigenvalue weighted by molar-refractivity contribution is 5.91. The van der Waals surface area contributed by atoms with Crippen LogP contribution in [0, 0.1) is 0 Å². The summed E-state index contributed by atoms with van der Waals surface area (Å²) in [5, 5.41) is 3.17. The summed E-state index contributed by atoms with van der Waals surface area (Å²) in [4.78, 5) is 11.4. The fraction of sp³-hybridized carbons (Fsp3) is 0.364. The Hall–Kier alpha value is -1.71. The van der Waals surface area contributed by atoms with E-state index in [2.05, 4.69) is 5.32 Å². The Kier molecular flexibility index (Phi) is 2.76. The topological polar surface area (TPSA) is 47.6 Å². The number of esters is 1. The summed E-state index contributed by atoms with van der Waals surface area (Å²) < 4.78 is 10.3. The Morgan fingerprint density at radius 1 is 1.60 bits per heavy atom. The quantitative estimate of drug-likeness (QED) is 0.749. The molecule has 0 saturated carbocycles. The van der Waals surface area contributed by atoms with Crippen LogP contribution in [-0.2, 0) is 4.74 Å². The minimum atomic E-state index is -0.298. The van der Waals surface area contributed by atoms with E-state index in [0.717, 1.165) is 18.0 Å². The Morgan fingerprint density at radius 2 is 2.47 bits per heavy atom. The average Bonchev–Trinajstić information content (AvgIpc) is 2.29. The Labute approximate surface area is 88.2 Å². The van der Waals surface area contributed by atoms with Crippen molar-refractivity contribution in [3.05, 3.63) is 23.8 Å². The molecule has 1 aliphatic heterocycles. The van der Waals surface area contributed by atoms with E-state index >= 15 is 0 Å². The van der Waals surface area contributed by atoms with Crippen molar-refractivity contribution < 1.29 is 14.3 Å². The lowest BCUT2D eigenvalue weighted by molar-refractivity contribution is 0.0526. The third-order valence-corrected chi connectivity index (χ3v) is 2.17. The fourth-order valence-corrected chi connectivity index (χ4v) is 1.48. The molecule has 0 atom stereocenters. The molecule has 2 rings (SSSR count). The molecule has 1 aliphatic rings. The van der Waals surface area contributed by atoms with Crippen molar-refractivity contribution in [2.45, 2.75) is 6.92 Å². The molecular weight excluding hydrogens is 194 g/mol. The van der Waals surface area contributed by atoms with Crippen molar-refractivity contribution in [3.8, 4) is 5.75 Å². The molecule has 1 heterocycles. The largest absolute Gasteiger partial charge is 0.490 e. The minimum absolute atomic E-state index is 0.298. The van der Waals surface area contributed by atoms with Crippen LogP contribution in [0.4, 0.5) is 5.69 Å². The van der Waals surface area contributed by atoms with Crippen LogP contribution in [0.2, 0.25) is 0 Å². The summed E-state index contributed by atoms with van der Waals surface area (Å²) in [5.74, 6) is 0.488. The van der Waals surface area contributed by atoms with Gasteiger partial charge in [0.2, 0.25) is 0 Å². The summed E-state index contributed by atoms with van der Waals surface area (Å²) in [6.07, 6.45) is 0. The number of carbonyl (C=O) groups is 1. The zero-order valence-corrected chi connectivity index (χ0v) is 8.58. The highest BCUT2D eigenvalue weighted by atomic mass is 16.5. The monoisotopic (exact) mass is 207 g/mol. The normalized spacial score (nSPS) is 13.4. The van der Waals surface area contributed by atoms with Crippen LogP contribution < -0.4 is 10.1 Å². The number of hydrogen-bond acceptors (Lipinski definition) is 4. The van der Waals surface area contributed by atoms with Crippen LogP contribution in [-0.4, -0.2) is 25.7 Å². The summed E-state index contributed by atoms with van der Waals surface area (Å²) >= 11 is 0. The third kappa shape index (κ3) is 2.03. The summed E-state index contributed by atoms with van der Waals surface area (Å²) in [6, 6.07) is 5.25. The first-order valence-electron chi connectivity index (χ1n) is 4.99. The number of hydrogen-bond donors (Lipinski definition) is 1. The summed E-state index contributed by atoms with van der Waals surface area (Å²) in [7, 11) is 0. The molecule has 0 aliphatic carbocycles. The number of fused-ring (bicyclic) bond motifs is 1. The molecule has 0 fully saturated rings. The van der Waals surface area contributed by atoms with E-state index in [1.807, 2.05) is 0 Å². The molecule has 80 valence electrons. The molecule has 0 spiro atoms. The maximum Gasteiger partial charge on any atom is 0.338 e. The Balaban J connectivity index is 2.24. The van der Waals surface area contributed by atoms with E-state index in [1.165, 1.54) is 0 Å². The van der Waals surface area contributed by atoms with E-state index in [0.29, 0.717) is 18.8 Å². The predicted molar refractivity (Wildman–Crippen MR) is 56.4 cm³/mol. The van der Waals surface area contributed by atoms with Gasteiger partial charge in [-0.2, -0.15) is 0 Å². The van der Waals surface area contributed by atoms with E-state index < -0.39 is 0 Å². The van der Waals surface area contributed by atoms with Crippen molar-refractivity contribution in [3.63, 3.8) is 0 Å². The zero-order valence-electron chi connectivity index (χ0n) is 8.58. The van der Waals surface area contributed by atoms with Gasteiger partial charge >= 0.3 is 5.97 Å². The van der Waals surface area contributed by atoms with Crippen LogP contribution >= 0.6 is 0 Å². The number of anilines is 1. The van der Waals surface area contributed by atoms with Gasteiger partial charge < -0.3 is 14.8 Å². The van der Waals surface area contributed by atoms with Crippen LogP contribution in [0.25, 0.3) is 0 Å². The van der Waals surface area contributed by atoms with Gasteiger partial charge in [0.25, 0.3) is 0 Å². The van der Waals surface area contributed by atoms with E-state index in [4.69, 9.17) is 9.47 Å². The maximum absolute atomic E-state index is 11.4. The molecule has 0 aromatic heterocycles. The number of ether oxygens (including phenoxy) is 2. The smallest absolute Gasteiger partial charge is 0.338 e. The van der Waals surface area contributed by atoms with Gasteiger partial charge in [0.1, 0.15) is 12.4 Å². The maximum atomic E-state index is 11.4. The molecule has 0 radical (unpaired) electrons. The predicted octanol–water partition coefficient (Wildman–Crippen LogP) is 1.67. The molecule has 4 nitrogen and oxygen atoms in total. The molecular formula is C11H13NO3. The molecule has 0 bridgehead atoms. The molecule has 1 aromatic carbocycles. The second-order valence-corrected chi connectivity index (χ2v) is 3.21. The SMILES string of the molecule is CCOC(=O)c1ccc2c(c1)NCCO2. The fourth-order valence-electron chi connectivity index (χ4n) is 1.48. The highest BCUT2D eigenvalue weighted by Crippen LogP contribution is 2.28. The van der Waals surface area contributed by atoms with Gasteiger partial charge in [0.05, 0.1) is 17.9 Å². The van der Waals surface area contributed by atoms with Crippen LogP contribution in [0.1, 0.15) is 17.3 Å². The molecule has 1 aromatic rings. The number of carbonyl (C=O) groups excluding carboxylic acids is 1. The number of benzene rings is 1. The molecule has 15 heavy (non-hydrogen) atoms. The molecule has 0 saturated heterocycles. The number of nitrogens with one attached hydrogen (secondary N) is 1. The summed E-state index contributed by atoms with van der Waals surface area (Å²) in [6.45, 7) is 3.60. The molecule has 4 heteroatoms. The van der Waals surface area contributed by atoms with Crippen molar-refractivity contribution in [1.82, 2.24) is 0 Å². The standard InChI is InChI=1S/C11H13NO3/c1-2-14-11(13)8-3-4-10-9(7-8)12-5-6-15-10/h3-4,7,12H,2,5-6H2,1H3. The second-order valence-electron chi connectivity index (χ2n) is 3.21. The first kappa shape index (κ1) is 9.83. The lowest BCUT2D eigenvalue weighted by atomic mass is 10.1. The first-order valence-corrected chi connectivity index (χ1v) is 4.99. The minimum Gasteiger partial charge on any atom is -0.490 e. The van der Waals surface area contributed by atoms with Crippen molar-refractivity contribution >= 4 is 11.7 Å².